The molecular formula is C29H25N3. The van der Waals surface area contributed by atoms with Gasteiger partial charge in [-0.1, -0.05) is 91.0 Å². The van der Waals surface area contributed by atoms with Crippen LogP contribution < -0.4 is 5.01 Å². The number of nitrogens with zero attached hydrogens (tertiary/aromatic N) is 3. The summed E-state index contributed by atoms with van der Waals surface area (Å²) in [5, 5.41) is 7.19. The first kappa shape index (κ1) is 20.0. The van der Waals surface area contributed by atoms with E-state index >= 15 is 0 Å². The van der Waals surface area contributed by atoms with Gasteiger partial charge in [0.05, 0.1) is 23.1 Å². The molecule has 0 N–H and O–H groups in total. The third kappa shape index (κ3) is 4.23. The number of aryl methyl sites for hydroxylation is 1. The monoisotopic (exact) mass is 415 g/mol. The predicted molar refractivity (Wildman–Crippen MR) is 134 cm³/mol. The van der Waals surface area contributed by atoms with E-state index < -0.39 is 0 Å². The van der Waals surface area contributed by atoms with Crippen LogP contribution >= 0.6 is 0 Å². The molecule has 1 aliphatic heterocycles. The van der Waals surface area contributed by atoms with E-state index in [1.807, 2.05) is 30.5 Å². The highest BCUT2D eigenvalue weighted by Gasteiger charge is 2.29. The molecule has 0 spiro atoms. The number of anilines is 1. The van der Waals surface area contributed by atoms with Crippen LogP contribution in [0.4, 0.5) is 11.4 Å². The van der Waals surface area contributed by atoms with Crippen molar-refractivity contribution in [3.05, 3.63) is 131 Å². The van der Waals surface area contributed by atoms with Crippen LogP contribution in [0.25, 0.3) is 0 Å². The van der Waals surface area contributed by atoms with Gasteiger partial charge in [0, 0.05) is 12.6 Å². The smallest absolute Gasteiger partial charge is 0.0831 e. The lowest BCUT2D eigenvalue weighted by atomic mass is 9.98. The van der Waals surface area contributed by atoms with Crippen LogP contribution in [0.5, 0.6) is 0 Å². The van der Waals surface area contributed by atoms with Gasteiger partial charge in [0.25, 0.3) is 0 Å². The summed E-state index contributed by atoms with van der Waals surface area (Å²) in [6.45, 7) is 2.08. The largest absolute Gasteiger partial charge is 0.257 e. The zero-order valence-electron chi connectivity index (χ0n) is 18.1. The van der Waals surface area contributed by atoms with Crippen molar-refractivity contribution < 1.29 is 0 Å². The molecular weight excluding hydrogens is 390 g/mol. The number of aliphatic imine (C=N–C) groups is 1. The molecule has 0 saturated carbocycles. The molecule has 3 nitrogen and oxygen atoms in total. The normalized spacial score (nSPS) is 15.8. The maximum absolute atomic E-state index is 5.04. The number of para-hydroxylation sites is 1. The van der Waals surface area contributed by atoms with E-state index in [9.17, 15) is 0 Å². The van der Waals surface area contributed by atoms with Gasteiger partial charge in [-0.2, -0.15) is 5.10 Å². The van der Waals surface area contributed by atoms with Gasteiger partial charge in [-0.25, -0.2) is 0 Å². The van der Waals surface area contributed by atoms with Crippen LogP contribution in [0.1, 0.15) is 34.7 Å². The van der Waals surface area contributed by atoms with Crippen LogP contribution in [0.15, 0.2) is 119 Å². The molecule has 0 amide bonds. The van der Waals surface area contributed by atoms with Crippen LogP contribution in [0.3, 0.4) is 0 Å². The first-order valence-corrected chi connectivity index (χ1v) is 10.9. The third-order valence-corrected chi connectivity index (χ3v) is 5.83. The van der Waals surface area contributed by atoms with Gasteiger partial charge in [-0.15, -0.1) is 0 Å². The molecule has 4 aromatic rings. The highest BCUT2D eigenvalue weighted by atomic mass is 15.5. The minimum atomic E-state index is 0.179. The summed E-state index contributed by atoms with van der Waals surface area (Å²) in [6, 6.07) is 37.9. The molecule has 0 aromatic heterocycles. The van der Waals surface area contributed by atoms with Crippen molar-refractivity contribution >= 4 is 23.3 Å². The van der Waals surface area contributed by atoms with Crippen molar-refractivity contribution in [2.45, 2.75) is 19.4 Å². The van der Waals surface area contributed by atoms with Gasteiger partial charge in [0.2, 0.25) is 0 Å². The molecule has 0 aliphatic carbocycles. The number of benzene rings is 4. The Morgan fingerprint density at radius 1 is 0.781 bits per heavy atom. The zero-order chi connectivity index (χ0) is 21.8. The first-order valence-electron chi connectivity index (χ1n) is 10.9. The van der Waals surface area contributed by atoms with E-state index in [0.717, 1.165) is 29.1 Å². The van der Waals surface area contributed by atoms with E-state index in [2.05, 4.69) is 102 Å². The van der Waals surface area contributed by atoms with Crippen LogP contribution in [0, 0.1) is 6.92 Å². The van der Waals surface area contributed by atoms with E-state index in [-0.39, 0.29) is 6.04 Å². The topological polar surface area (TPSA) is 28.0 Å². The lowest BCUT2D eigenvalue weighted by molar-refractivity contribution is 0.709. The Morgan fingerprint density at radius 3 is 2.16 bits per heavy atom. The second-order valence-electron chi connectivity index (χ2n) is 8.02. The Morgan fingerprint density at radius 2 is 1.44 bits per heavy atom. The van der Waals surface area contributed by atoms with Gasteiger partial charge in [-0.05, 0) is 47.4 Å². The minimum Gasteiger partial charge on any atom is -0.257 e. The summed E-state index contributed by atoms with van der Waals surface area (Å²) in [7, 11) is 0. The molecule has 156 valence electrons. The Balaban J connectivity index is 1.44. The standard InChI is InChI=1S/C29H25N3/c1-22-10-8-9-15-27(22)30-21-23-16-18-26(19-17-23)32-29(25-13-6-3-7-14-25)20-28(31-32)24-11-4-2-5-12-24/h2-19,21,29H,20H2,1H3/t29-/m0/s1. The first-order chi connectivity index (χ1) is 15.8. The van der Waals surface area contributed by atoms with Crippen molar-refractivity contribution in [2.24, 2.45) is 10.1 Å². The maximum atomic E-state index is 5.04. The summed E-state index contributed by atoms with van der Waals surface area (Å²) in [6.07, 6.45) is 2.80. The van der Waals surface area contributed by atoms with Crippen molar-refractivity contribution in [1.82, 2.24) is 0 Å². The Kier molecular flexibility index (Phi) is 5.63. The molecule has 1 aliphatic rings. The Hall–Kier alpha value is -3.98. The van der Waals surface area contributed by atoms with E-state index in [4.69, 9.17) is 5.10 Å². The van der Waals surface area contributed by atoms with Gasteiger partial charge < -0.3 is 0 Å². The number of rotatable bonds is 5. The lowest BCUT2D eigenvalue weighted by Gasteiger charge is -2.24. The Bertz CT molecular complexity index is 1240. The Labute approximate surface area is 189 Å². The second-order valence-corrected chi connectivity index (χ2v) is 8.02. The molecule has 4 aromatic carbocycles. The van der Waals surface area contributed by atoms with E-state index in [1.54, 1.807) is 0 Å². The predicted octanol–water partition coefficient (Wildman–Crippen LogP) is 7.10. The SMILES string of the molecule is Cc1ccccc1N=Cc1ccc(N2N=C(c3ccccc3)C[C@H]2c2ccccc2)cc1. The van der Waals surface area contributed by atoms with E-state index in [1.165, 1.54) is 16.7 Å². The van der Waals surface area contributed by atoms with Gasteiger partial charge in [-0.3, -0.25) is 10.0 Å². The molecule has 5 rings (SSSR count). The lowest BCUT2D eigenvalue weighted by Crippen LogP contribution is -2.18. The molecule has 0 radical (unpaired) electrons. The van der Waals surface area contributed by atoms with Crippen molar-refractivity contribution in [3.8, 4) is 0 Å². The van der Waals surface area contributed by atoms with E-state index in [0.29, 0.717) is 0 Å². The molecule has 1 atom stereocenters. The second kappa shape index (κ2) is 9.03. The number of hydrogen-bond donors (Lipinski definition) is 0. The van der Waals surface area contributed by atoms with Crippen LogP contribution in [-0.2, 0) is 0 Å². The average Bonchev–Trinajstić information content (AvgIpc) is 3.31. The van der Waals surface area contributed by atoms with Gasteiger partial charge in [0.15, 0.2) is 0 Å². The molecule has 1 heterocycles. The summed E-state index contributed by atoms with van der Waals surface area (Å²) in [5.41, 5.74) is 7.88. The summed E-state index contributed by atoms with van der Waals surface area (Å²) in [5.74, 6) is 0. The van der Waals surface area contributed by atoms with Gasteiger partial charge in [0.1, 0.15) is 0 Å². The molecule has 0 saturated heterocycles. The molecule has 0 bridgehead atoms. The molecule has 0 unspecified atom stereocenters. The highest BCUT2D eigenvalue weighted by Crippen LogP contribution is 2.36. The summed E-state index contributed by atoms with van der Waals surface area (Å²) >= 11 is 0. The fraction of sp³-hybridized carbons (Fsp3) is 0.103. The zero-order valence-corrected chi connectivity index (χ0v) is 18.1. The van der Waals surface area contributed by atoms with Crippen molar-refractivity contribution in [1.29, 1.82) is 0 Å². The highest BCUT2D eigenvalue weighted by molar-refractivity contribution is 6.03. The molecule has 32 heavy (non-hydrogen) atoms. The van der Waals surface area contributed by atoms with Crippen LogP contribution in [-0.4, -0.2) is 11.9 Å². The number of hydrogen-bond acceptors (Lipinski definition) is 3. The number of hydrazone groups is 1. The van der Waals surface area contributed by atoms with Crippen molar-refractivity contribution in [2.75, 3.05) is 5.01 Å². The van der Waals surface area contributed by atoms with Crippen molar-refractivity contribution in [3.63, 3.8) is 0 Å². The third-order valence-electron chi connectivity index (χ3n) is 5.83. The minimum absolute atomic E-state index is 0.179. The fourth-order valence-electron chi connectivity index (χ4n) is 4.05. The molecule has 3 heteroatoms. The summed E-state index contributed by atoms with van der Waals surface area (Å²) < 4.78 is 0. The fourth-order valence-corrected chi connectivity index (χ4v) is 4.05. The average molecular weight is 416 g/mol. The quantitative estimate of drug-likeness (QED) is 0.319. The van der Waals surface area contributed by atoms with Crippen LogP contribution in [0.2, 0.25) is 0 Å². The maximum Gasteiger partial charge on any atom is 0.0831 e. The summed E-state index contributed by atoms with van der Waals surface area (Å²) in [4.78, 5) is 4.65. The molecule has 0 fully saturated rings. The van der Waals surface area contributed by atoms with Gasteiger partial charge >= 0.3 is 0 Å².